The van der Waals surface area contributed by atoms with Gasteiger partial charge in [-0.1, -0.05) is 12.1 Å². The molecule has 6 nitrogen and oxygen atoms in total. The maximum Gasteiger partial charge on any atom is 0.252 e. The topological polar surface area (TPSA) is 87.8 Å². The Kier molecular flexibility index (Phi) is 7.44. The van der Waals surface area contributed by atoms with Gasteiger partial charge in [-0.3, -0.25) is 4.99 Å². The number of halogens is 1. The van der Waals surface area contributed by atoms with E-state index in [1.807, 2.05) is 6.07 Å². The molecular weight excluding hydrogens is 483 g/mol. The predicted octanol–water partition coefficient (Wildman–Crippen LogP) is 2.90. The molecule has 3 N–H and O–H groups in total. The van der Waals surface area contributed by atoms with Crippen LogP contribution in [0.15, 0.2) is 44.9 Å². The summed E-state index contributed by atoms with van der Waals surface area (Å²) in [6, 6.07) is 9.56. The fraction of sp³-hybridized carbons (Fsp3) is 0.353. The van der Waals surface area contributed by atoms with Crippen LogP contribution in [0, 0.1) is 0 Å². The van der Waals surface area contributed by atoms with Crippen molar-refractivity contribution < 1.29 is 8.42 Å². The number of rotatable bonds is 6. The minimum Gasteiger partial charge on any atom is -0.370 e. The number of nitrogens with two attached hydrogens (primary N) is 1. The molecule has 2 aromatic rings. The first-order valence-electron chi connectivity index (χ1n) is 8.15. The van der Waals surface area contributed by atoms with Crippen molar-refractivity contribution in [1.82, 2.24) is 4.31 Å². The average Bonchev–Trinajstić information content (AvgIpc) is 3.26. The molecule has 0 spiro atoms. The van der Waals surface area contributed by atoms with Gasteiger partial charge >= 0.3 is 0 Å². The van der Waals surface area contributed by atoms with Crippen LogP contribution in [0.2, 0.25) is 0 Å². The number of nitrogens with one attached hydrogen (secondary N) is 1. The van der Waals surface area contributed by atoms with Gasteiger partial charge in [0.1, 0.15) is 4.21 Å². The third kappa shape index (κ3) is 4.96. The Hall–Kier alpha value is -1.17. The summed E-state index contributed by atoms with van der Waals surface area (Å²) in [6.45, 7) is 0.567. The summed E-state index contributed by atoms with van der Waals surface area (Å²) < 4.78 is 26.3. The zero-order valence-corrected chi connectivity index (χ0v) is 18.5. The molecule has 1 aliphatic rings. The molecular formula is C17H23IN4O2S2. The predicted molar refractivity (Wildman–Crippen MR) is 118 cm³/mol. The summed E-state index contributed by atoms with van der Waals surface area (Å²) in [5.74, 6) is 0.292. The Bertz CT molecular complexity index is 867. The van der Waals surface area contributed by atoms with Gasteiger partial charge < -0.3 is 11.1 Å². The zero-order valence-electron chi connectivity index (χ0n) is 14.5. The Balaban J connectivity index is 0.00000243. The van der Waals surface area contributed by atoms with Crippen LogP contribution >= 0.6 is 35.3 Å². The van der Waals surface area contributed by atoms with Crippen LogP contribution in [0.25, 0.3) is 0 Å². The molecule has 0 saturated carbocycles. The Labute approximate surface area is 175 Å². The second kappa shape index (κ2) is 9.16. The molecule has 9 heteroatoms. The highest BCUT2D eigenvalue weighted by atomic mass is 127. The second-order valence-corrected chi connectivity index (χ2v) is 9.21. The van der Waals surface area contributed by atoms with Crippen LogP contribution < -0.4 is 11.1 Å². The number of guanidine groups is 1. The monoisotopic (exact) mass is 506 g/mol. The highest BCUT2D eigenvalue weighted by Crippen LogP contribution is 2.24. The maximum absolute atomic E-state index is 12.3. The van der Waals surface area contributed by atoms with Gasteiger partial charge in [0, 0.05) is 19.3 Å². The lowest BCUT2D eigenvalue weighted by molar-refractivity contribution is 0.479. The number of aliphatic imine (C=N–C) groups is 1. The van der Waals surface area contributed by atoms with Gasteiger partial charge in [-0.2, -0.15) is 4.31 Å². The number of benzene rings is 1. The molecule has 1 aromatic heterocycles. The van der Waals surface area contributed by atoms with Crippen molar-refractivity contribution in [3.05, 3.63) is 46.8 Å². The number of aryl methyl sites for hydroxylation is 2. The number of thiophene rings is 1. The first-order valence-corrected chi connectivity index (χ1v) is 10.5. The molecule has 0 bridgehead atoms. The van der Waals surface area contributed by atoms with Gasteiger partial charge in [0.2, 0.25) is 0 Å². The number of nitrogens with zero attached hydrogens (tertiary/aromatic N) is 2. The molecule has 1 aromatic carbocycles. The van der Waals surface area contributed by atoms with Gasteiger partial charge in [0.25, 0.3) is 10.0 Å². The smallest absolute Gasteiger partial charge is 0.252 e. The third-order valence-corrected chi connectivity index (χ3v) is 7.46. The summed E-state index contributed by atoms with van der Waals surface area (Å²) in [5.41, 5.74) is 9.60. The minimum absolute atomic E-state index is 0. The van der Waals surface area contributed by atoms with Crippen LogP contribution in [0.3, 0.4) is 0 Å². The van der Waals surface area contributed by atoms with Crippen molar-refractivity contribution >= 4 is 57.0 Å². The van der Waals surface area contributed by atoms with Crippen molar-refractivity contribution in [3.8, 4) is 0 Å². The highest BCUT2D eigenvalue weighted by Gasteiger charge is 2.21. The molecule has 1 aliphatic carbocycles. The molecule has 0 fully saturated rings. The summed E-state index contributed by atoms with van der Waals surface area (Å²) in [6.07, 6.45) is 3.45. The molecule has 0 unspecified atom stereocenters. The van der Waals surface area contributed by atoms with Gasteiger partial charge in [-0.25, -0.2) is 8.42 Å². The van der Waals surface area contributed by atoms with Crippen molar-refractivity contribution in [3.63, 3.8) is 0 Å². The normalized spacial score (nSPS) is 14.2. The van der Waals surface area contributed by atoms with Crippen LogP contribution in [0.4, 0.5) is 5.69 Å². The van der Waals surface area contributed by atoms with Crippen molar-refractivity contribution in [1.29, 1.82) is 0 Å². The number of hydrogen-bond acceptors (Lipinski definition) is 4. The van der Waals surface area contributed by atoms with E-state index in [0.29, 0.717) is 16.7 Å². The first kappa shape index (κ1) is 21.1. The van der Waals surface area contributed by atoms with Crippen molar-refractivity contribution in [2.45, 2.75) is 23.5 Å². The van der Waals surface area contributed by atoms with E-state index in [9.17, 15) is 8.42 Å². The fourth-order valence-electron chi connectivity index (χ4n) is 2.83. The summed E-state index contributed by atoms with van der Waals surface area (Å²) >= 11 is 1.21. The third-order valence-electron chi connectivity index (χ3n) is 4.23. The summed E-state index contributed by atoms with van der Waals surface area (Å²) in [4.78, 5) is 4.23. The Morgan fingerprint density at radius 3 is 2.81 bits per heavy atom. The maximum atomic E-state index is 12.3. The van der Waals surface area contributed by atoms with E-state index in [-0.39, 0.29) is 30.5 Å². The van der Waals surface area contributed by atoms with Gasteiger partial charge in [0.05, 0.1) is 6.54 Å². The van der Waals surface area contributed by atoms with Crippen LogP contribution in [0.5, 0.6) is 0 Å². The van der Waals surface area contributed by atoms with E-state index in [4.69, 9.17) is 5.73 Å². The second-order valence-electron chi connectivity index (χ2n) is 5.99. The van der Waals surface area contributed by atoms with E-state index < -0.39 is 10.0 Å². The molecule has 0 aliphatic heterocycles. The van der Waals surface area contributed by atoms with Crippen LogP contribution in [-0.4, -0.2) is 38.8 Å². The lowest BCUT2D eigenvalue weighted by Crippen LogP contribution is -2.30. The molecule has 0 amide bonds. The van der Waals surface area contributed by atoms with Gasteiger partial charge in [0.15, 0.2) is 5.96 Å². The SMILES string of the molecule is CN(CCN=C(N)Nc1ccc2c(c1)CCC2)S(=O)(=O)c1cccs1.I. The molecule has 0 radical (unpaired) electrons. The van der Waals surface area contributed by atoms with Crippen LogP contribution in [0.1, 0.15) is 17.5 Å². The lowest BCUT2D eigenvalue weighted by Gasteiger charge is -2.15. The molecule has 1 heterocycles. The van der Waals surface area contributed by atoms with E-state index >= 15 is 0 Å². The minimum atomic E-state index is -3.44. The number of fused-ring (bicyclic) bond motifs is 1. The zero-order chi connectivity index (χ0) is 17.9. The van der Waals surface area contributed by atoms with Gasteiger partial charge in [-0.15, -0.1) is 35.3 Å². The highest BCUT2D eigenvalue weighted by molar-refractivity contribution is 14.0. The standard InChI is InChI=1S/C17H22N4O2S2.HI/c1-21(25(22,23)16-6-3-11-24-16)10-9-19-17(18)20-15-8-7-13-4-2-5-14(13)12-15;/h3,6-8,11-12H,2,4-5,9-10H2,1H3,(H3,18,19,20);1H. The lowest BCUT2D eigenvalue weighted by atomic mass is 10.1. The average molecular weight is 506 g/mol. The number of sulfonamides is 1. The van der Waals surface area contributed by atoms with E-state index in [1.54, 1.807) is 24.6 Å². The number of anilines is 1. The largest absolute Gasteiger partial charge is 0.370 e. The van der Waals surface area contributed by atoms with E-state index in [2.05, 4.69) is 22.4 Å². The first-order chi connectivity index (χ1) is 12.0. The Morgan fingerprint density at radius 2 is 2.08 bits per heavy atom. The Morgan fingerprint density at radius 1 is 1.31 bits per heavy atom. The molecule has 0 atom stereocenters. The number of likely N-dealkylation sites (N-methyl/N-ethyl adjacent to an activating group) is 1. The van der Waals surface area contributed by atoms with Crippen molar-refractivity contribution in [2.24, 2.45) is 10.7 Å². The summed E-state index contributed by atoms with van der Waals surface area (Å²) in [5, 5.41) is 4.82. The van der Waals surface area contributed by atoms with E-state index in [0.717, 1.165) is 18.5 Å². The fourth-order valence-corrected chi connectivity index (χ4v) is 5.20. The van der Waals surface area contributed by atoms with Crippen LogP contribution in [-0.2, 0) is 22.9 Å². The van der Waals surface area contributed by atoms with Crippen molar-refractivity contribution in [2.75, 3.05) is 25.5 Å². The van der Waals surface area contributed by atoms with E-state index in [1.165, 1.54) is 33.2 Å². The number of hydrogen-bond donors (Lipinski definition) is 2. The molecule has 0 saturated heterocycles. The van der Waals surface area contributed by atoms with Gasteiger partial charge in [-0.05, 0) is 54.0 Å². The molecule has 26 heavy (non-hydrogen) atoms. The summed E-state index contributed by atoms with van der Waals surface area (Å²) in [7, 11) is -1.89. The molecule has 3 rings (SSSR count). The molecule has 142 valence electrons. The quantitative estimate of drug-likeness (QED) is 0.359.